The molecule has 146 valence electrons. The van der Waals surface area contributed by atoms with Gasteiger partial charge in [-0.25, -0.2) is 9.78 Å². The first-order valence-corrected chi connectivity index (χ1v) is 8.39. The van der Waals surface area contributed by atoms with E-state index in [2.05, 4.69) is 4.98 Å². The molecule has 2 rings (SSSR count). The highest BCUT2D eigenvalue weighted by molar-refractivity contribution is 5.88. The molecule has 0 spiro atoms. The second kappa shape index (κ2) is 9.20. The number of hydrogen-bond donors (Lipinski definition) is 1. The Bertz CT molecular complexity index is 707. The number of hydrogen-bond acceptors (Lipinski definition) is 4. The molecule has 27 heavy (non-hydrogen) atoms. The van der Waals surface area contributed by atoms with Crippen LogP contribution in [0.3, 0.4) is 0 Å². The van der Waals surface area contributed by atoms with E-state index in [0.29, 0.717) is 26.2 Å². The van der Waals surface area contributed by atoms with Crippen molar-refractivity contribution in [1.82, 2.24) is 9.88 Å². The van der Waals surface area contributed by atoms with Crippen LogP contribution in [-0.4, -0.2) is 59.2 Å². The molecular weight excluding hydrogens is 363 g/mol. The lowest BCUT2D eigenvalue weighted by Gasteiger charge is -2.35. The number of carboxylic acids is 1. The number of carboxylic acid groups (broad SMARTS) is 1. The lowest BCUT2D eigenvalue weighted by molar-refractivity contribution is -0.133. The fraction of sp³-hybridized carbons (Fsp3) is 0.389. The van der Waals surface area contributed by atoms with E-state index in [1.165, 1.54) is 36.6 Å². The predicted molar refractivity (Wildman–Crippen MR) is 93.6 cm³/mol. The Morgan fingerprint density at radius 1 is 1.15 bits per heavy atom. The Morgan fingerprint density at radius 3 is 2.41 bits per heavy atom. The summed E-state index contributed by atoms with van der Waals surface area (Å²) in [5.74, 6) is -1.29. The van der Waals surface area contributed by atoms with Gasteiger partial charge < -0.3 is 14.9 Å². The zero-order valence-corrected chi connectivity index (χ0v) is 14.5. The maximum atomic E-state index is 12.1. The standard InChI is InChI=1S/C18H20F3N3O3/c19-18(20,21)8-4-2-1-3-5-16(25)24-11-9-23(10-12-24)14-6-7-15(17(26)27)22-13-14/h1-3,5-7,13H,4,8-12H2,(H,26,27). The maximum absolute atomic E-state index is 12.1. The van der Waals surface area contributed by atoms with Crippen molar-refractivity contribution in [2.45, 2.75) is 19.0 Å². The first-order valence-electron chi connectivity index (χ1n) is 8.39. The van der Waals surface area contributed by atoms with E-state index in [-0.39, 0.29) is 18.0 Å². The highest BCUT2D eigenvalue weighted by Crippen LogP contribution is 2.21. The molecule has 0 aliphatic carbocycles. The fourth-order valence-electron chi connectivity index (χ4n) is 2.55. The van der Waals surface area contributed by atoms with Gasteiger partial charge in [0.05, 0.1) is 11.9 Å². The molecule has 9 heteroatoms. The zero-order valence-electron chi connectivity index (χ0n) is 14.5. The maximum Gasteiger partial charge on any atom is 0.389 e. The molecule has 0 radical (unpaired) electrons. The van der Waals surface area contributed by atoms with E-state index in [9.17, 15) is 22.8 Å². The lowest BCUT2D eigenvalue weighted by Crippen LogP contribution is -2.48. The second-order valence-corrected chi connectivity index (χ2v) is 5.96. The number of carbonyl (C=O) groups is 2. The molecule has 0 aromatic carbocycles. The van der Waals surface area contributed by atoms with Gasteiger partial charge in [0.15, 0.2) is 0 Å². The van der Waals surface area contributed by atoms with Gasteiger partial charge in [-0.15, -0.1) is 0 Å². The molecule has 1 aliphatic rings. The summed E-state index contributed by atoms with van der Waals surface area (Å²) < 4.78 is 36.0. The summed E-state index contributed by atoms with van der Waals surface area (Å²) in [7, 11) is 0. The quantitative estimate of drug-likeness (QED) is 0.604. The van der Waals surface area contributed by atoms with Crippen LogP contribution in [0.25, 0.3) is 0 Å². The molecule has 0 atom stereocenters. The molecular formula is C18H20F3N3O3. The van der Waals surface area contributed by atoms with Crippen molar-refractivity contribution < 1.29 is 27.9 Å². The Kier molecular flexibility index (Phi) is 6.98. The van der Waals surface area contributed by atoms with Gasteiger partial charge in [0.2, 0.25) is 5.91 Å². The molecule has 1 saturated heterocycles. The fourth-order valence-corrected chi connectivity index (χ4v) is 2.55. The Balaban J connectivity index is 1.77. The number of alkyl halides is 3. The van der Waals surface area contributed by atoms with Gasteiger partial charge in [0.25, 0.3) is 0 Å². The summed E-state index contributed by atoms with van der Waals surface area (Å²) in [6, 6.07) is 3.11. The summed E-state index contributed by atoms with van der Waals surface area (Å²) in [6.45, 7) is 2.13. The number of allylic oxidation sites excluding steroid dienone is 3. The molecule has 1 aromatic rings. The molecule has 0 saturated carbocycles. The van der Waals surface area contributed by atoms with Crippen LogP contribution >= 0.6 is 0 Å². The van der Waals surface area contributed by atoms with Crippen molar-refractivity contribution >= 4 is 17.6 Å². The average molecular weight is 383 g/mol. The van der Waals surface area contributed by atoms with Gasteiger partial charge >= 0.3 is 12.1 Å². The summed E-state index contributed by atoms with van der Waals surface area (Å²) in [5.41, 5.74) is 0.760. The van der Waals surface area contributed by atoms with Crippen LogP contribution in [0.15, 0.2) is 42.6 Å². The van der Waals surface area contributed by atoms with Crippen molar-refractivity contribution in [1.29, 1.82) is 0 Å². The molecule has 1 N–H and O–H groups in total. The summed E-state index contributed by atoms with van der Waals surface area (Å²) in [5, 5.41) is 8.85. The van der Waals surface area contributed by atoms with E-state index in [1.807, 2.05) is 4.90 Å². The third-order valence-electron chi connectivity index (χ3n) is 4.00. The number of amides is 1. The predicted octanol–water partition coefficient (Wildman–Crippen LogP) is 2.88. The molecule has 1 aromatic heterocycles. The van der Waals surface area contributed by atoms with Gasteiger partial charge in [-0.2, -0.15) is 13.2 Å². The number of aromatic carboxylic acids is 1. The van der Waals surface area contributed by atoms with Crippen molar-refractivity contribution in [3.63, 3.8) is 0 Å². The van der Waals surface area contributed by atoms with E-state index in [4.69, 9.17) is 5.11 Å². The number of pyridine rings is 1. The number of aromatic nitrogens is 1. The van der Waals surface area contributed by atoms with Crippen LogP contribution in [-0.2, 0) is 4.79 Å². The molecule has 2 heterocycles. The lowest BCUT2D eigenvalue weighted by atomic mass is 10.2. The topological polar surface area (TPSA) is 73.7 Å². The number of rotatable bonds is 6. The van der Waals surface area contributed by atoms with Crippen LogP contribution in [0, 0.1) is 0 Å². The number of piperazine rings is 1. The molecule has 6 nitrogen and oxygen atoms in total. The van der Waals surface area contributed by atoms with Gasteiger partial charge in [-0.05, 0) is 18.6 Å². The third kappa shape index (κ3) is 6.76. The normalized spacial score (nSPS) is 15.7. The van der Waals surface area contributed by atoms with E-state index >= 15 is 0 Å². The SMILES string of the molecule is O=C(O)c1ccc(N2CCN(C(=O)C=CC=CCCC(F)(F)F)CC2)cn1. The minimum Gasteiger partial charge on any atom is -0.477 e. The molecule has 1 aliphatic heterocycles. The van der Waals surface area contributed by atoms with Gasteiger partial charge in [0.1, 0.15) is 5.69 Å². The Hall–Kier alpha value is -2.84. The van der Waals surface area contributed by atoms with Crippen molar-refractivity contribution in [2.75, 3.05) is 31.1 Å². The monoisotopic (exact) mass is 383 g/mol. The second-order valence-electron chi connectivity index (χ2n) is 5.96. The average Bonchev–Trinajstić information content (AvgIpc) is 2.63. The van der Waals surface area contributed by atoms with Gasteiger partial charge in [-0.1, -0.05) is 18.2 Å². The highest BCUT2D eigenvalue weighted by atomic mass is 19.4. The minimum absolute atomic E-state index is 0.0269. The van der Waals surface area contributed by atoms with Crippen molar-refractivity contribution in [2.24, 2.45) is 0 Å². The molecule has 1 fully saturated rings. The number of nitrogens with zero attached hydrogens (tertiary/aromatic N) is 3. The van der Waals surface area contributed by atoms with Crippen LogP contribution in [0.1, 0.15) is 23.3 Å². The number of anilines is 1. The third-order valence-corrected chi connectivity index (χ3v) is 4.00. The molecule has 0 bridgehead atoms. The molecule has 1 amide bonds. The molecule has 0 unspecified atom stereocenters. The van der Waals surface area contributed by atoms with Crippen LogP contribution in [0.2, 0.25) is 0 Å². The largest absolute Gasteiger partial charge is 0.477 e. The summed E-state index contributed by atoms with van der Waals surface area (Å²) in [4.78, 5) is 30.4. The van der Waals surface area contributed by atoms with Gasteiger partial charge in [0, 0.05) is 38.7 Å². The van der Waals surface area contributed by atoms with Crippen molar-refractivity contribution in [3.8, 4) is 0 Å². The first kappa shape index (κ1) is 20.5. The first-order chi connectivity index (χ1) is 12.8. The van der Waals surface area contributed by atoms with Crippen LogP contribution < -0.4 is 4.90 Å². The Labute approximate surface area is 154 Å². The van der Waals surface area contributed by atoms with Crippen molar-refractivity contribution in [3.05, 3.63) is 48.3 Å². The van der Waals surface area contributed by atoms with Crippen LogP contribution in [0.5, 0.6) is 0 Å². The minimum atomic E-state index is -4.17. The number of carbonyl (C=O) groups excluding carboxylic acids is 1. The summed E-state index contributed by atoms with van der Waals surface area (Å²) in [6.07, 6.45) is 1.92. The zero-order chi connectivity index (χ0) is 19.9. The van der Waals surface area contributed by atoms with E-state index in [0.717, 1.165) is 5.69 Å². The van der Waals surface area contributed by atoms with Crippen LogP contribution in [0.4, 0.5) is 18.9 Å². The summed E-state index contributed by atoms with van der Waals surface area (Å²) >= 11 is 0. The number of halogens is 3. The van der Waals surface area contributed by atoms with E-state index < -0.39 is 18.6 Å². The van der Waals surface area contributed by atoms with E-state index in [1.54, 1.807) is 11.0 Å². The Morgan fingerprint density at radius 2 is 1.85 bits per heavy atom. The smallest absolute Gasteiger partial charge is 0.389 e. The van der Waals surface area contributed by atoms with Gasteiger partial charge in [-0.3, -0.25) is 4.79 Å². The highest BCUT2D eigenvalue weighted by Gasteiger charge is 2.25.